The van der Waals surface area contributed by atoms with Crippen LogP contribution < -0.4 is 9.79 Å². The van der Waals surface area contributed by atoms with Gasteiger partial charge in [0.05, 0.1) is 11.8 Å². The van der Waals surface area contributed by atoms with Gasteiger partial charge in [0.25, 0.3) is 0 Å². The highest BCUT2D eigenvalue weighted by Crippen LogP contribution is 2.11. The zero-order valence-corrected chi connectivity index (χ0v) is 8.78. The topological polar surface area (TPSA) is 61.8 Å². The van der Waals surface area contributed by atoms with Crippen molar-refractivity contribution in [3.05, 3.63) is 12.7 Å². The summed E-state index contributed by atoms with van der Waals surface area (Å²) in [7, 11) is 0. The minimum absolute atomic E-state index is 0.480. The number of halogens is 3. The second-order valence-corrected chi connectivity index (χ2v) is 3.79. The van der Waals surface area contributed by atoms with Gasteiger partial charge in [-0.3, -0.25) is 0 Å². The zero-order chi connectivity index (χ0) is 12.3. The molecule has 0 aromatic carbocycles. The zero-order valence-electron chi connectivity index (χ0n) is 7.89. The van der Waals surface area contributed by atoms with Crippen molar-refractivity contribution in [2.24, 2.45) is 0 Å². The minimum atomic E-state index is -5.19. The number of carboxylic acid groups (broad SMARTS) is 1. The molecule has 1 aliphatic heterocycles. The molecule has 0 fully saturated rings. The molecule has 16 heavy (non-hydrogen) atoms. The summed E-state index contributed by atoms with van der Waals surface area (Å²) < 4.78 is 35.7. The molecule has 0 bridgehead atoms. The summed E-state index contributed by atoms with van der Waals surface area (Å²) in [6.45, 7) is 1.98. The molecule has 5 nitrogen and oxygen atoms in total. The van der Waals surface area contributed by atoms with Crippen LogP contribution in [0.4, 0.5) is 13.2 Å². The van der Waals surface area contributed by atoms with Gasteiger partial charge in [0.1, 0.15) is 12.5 Å². The smallest absolute Gasteiger partial charge is 0.430 e. The molecule has 0 saturated carbocycles. The molecule has 0 spiro atoms. The molecule has 90 valence electrons. The van der Waals surface area contributed by atoms with Crippen molar-refractivity contribution >= 4 is 18.6 Å². The Balaban J connectivity index is 0.000000168. The van der Waals surface area contributed by atoms with E-state index in [1.165, 1.54) is 0 Å². The third-order valence-electron chi connectivity index (χ3n) is 1.76. The minimum Gasteiger partial charge on any atom is -0.542 e. The molecule has 9 heteroatoms. The maximum Gasteiger partial charge on any atom is 0.430 e. The molecule has 0 unspecified atom stereocenters. The number of hydrogen-bond acceptors (Lipinski definition) is 4. The molecule has 2 heterocycles. The summed E-state index contributed by atoms with van der Waals surface area (Å²) in [4.78, 5) is 12.8. The van der Waals surface area contributed by atoms with Gasteiger partial charge in [0.15, 0.2) is 0 Å². The Morgan fingerprint density at radius 3 is 2.62 bits per heavy atom. The van der Waals surface area contributed by atoms with E-state index in [0.717, 1.165) is 13.1 Å². The first-order valence-electron chi connectivity index (χ1n) is 4.17. The van der Waals surface area contributed by atoms with Crippen molar-refractivity contribution in [1.29, 1.82) is 0 Å². The Hall–Kier alpha value is -1.25. The molecular formula is C7H8F3N3O2S. The predicted octanol–water partition coefficient (Wildman–Crippen LogP) is -1.22. The molecule has 0 aliphatic carbocycles. The first kappa shape index (κ1) is 12.8. The Labute approximate surface area is 93.9 Å². The second-order valence-electron chi connectivity index (χ2n) is 3.06. The largest absolute Gasteiger partial charge is 0.542 e. The molecule has 0 atom stereocenters. The van der Waals surface area contributed by atoms with Crippen LogP contribution in [0.15, 0.2) is 12.7 Å². The first-order chi connectivity index (χ1) is 7.30. The van der Waals surface area contributed by atoms with Crippen LogP contribution in [0.1, 0.15) is 0 Å². The summed E-state index contributed by atoms with van der Waals surface area (Å²) in [5.41, 5.74) is 0. The lowest BCUT2D eigenvalue weighted by molar-refractivity contribution is -0.758. The Morgan fingerprint density at radius 2 is 2.19 bits per heavy atom. The van der Waals surface area contributed by atoms with Gasteiger partial charge in [0, 0.05) is 0 Å². The number of carboxylic acids is 1. The first-order valence-corrected chi connectivity index (χ1v) is 4.68. The third-order valence-corrected chi connectivity index (χ3v) is 2.08. The van der Waals surface area contributed by atoms with Crippen molar-refractivity contribution in [1.82, 2.24) is 9.67 Å². The Morgan fingerprint density at radius 1 is 1.62 bits per heavy atom. The molecule has 0 N–H and O–H groups in total. The number of carbonyl (C=O) groups excluding carboxylic acids is 1. The van der Waals surface area contributed by atoms with Gasteiger partial charge in [-0.1, -0.05) is 0 Å². The average Bonchev–Trinajstić information content (AvgIpc) is 2.62. The quantitative estimate of drug-likeness (QED) is 0.467. The van der Waals surface area contributed by atoms with E-state index < -0.39 is 12.1 Å². The summed E-state index contributed by atoms with van der Waals surface area (Å²) in [5.74, 6) is -3.01. The van der Waals surface area contributed by atoms with Crippen LogP contribution in [0, 0.1) is 0 Å². The van der Waals surface area contributed by atoms with E-state index in [1.807, 2.05) is 12.7 Å². The SMILES string of the molecule is O=C([O-])C(F)(F)F.SC1Cn2cnc[n+]2C1. The van der Waals surface area contributed by atoms with Crippen molar-refractivity contribution in [2.75, 3.05) is 0 Å². The summed E-state index contributed by atoms with van der Waals surface area (Å²) >= 11 is 4.33. The van der Waals surface area contributed by atoms with Gasteiger partial charge >= 0.3 is 12.5 Å². The lowest BCUT2D eigenvalue weighted by Crippen LogP contribution is -2.37. The lowest BCUT2D eigenvalue weighted by atomic mass is 10.4. The van der Waals surface area contributed by atoms with Gasteiger partial charge in [-0.2, -0.15) is 35.2 Å². The van der Waals surface area contributed by atoms with Crippen molar-refractivity contribution in [3.8, 4) is 0 Å². The number of rotatable bonds is 0. The van der Waals surface area contributed by atoms with Gasteiger partial charge < -0.3 is 9.90 Å². The van der Waals surface area contributed by atoms with Crippen molar-refractivity contribution in [3.63, 3.8) is 0 Å². The van der Waals surface area contributed by atoms with Crippen LogP contribution in [0.2, 0.25) is 0 Å². The second kappa shape index (κ2) is 4.73. The molecule has 1 aromatic heterocycles. The monoisotopic (exact) mass is 255 g/mol. The van der Waals surface area contributed by atoms with E-state index in [9.17, 15) is 13.2 Å². The van der Waals surface area contributed by atoms with E-state index in [-0.39, 0.29) is 0 Å². The number of aliphatic carboxylic acids is 1. The predicted molar refractivity (Wildman–Crippen MR) is 46.3 cm³/mol. The van der Waals surface area contributed by atoms with Crippen molar-refractivity contribution in [2.45, 2.75) is 24.5 Å². The molecule has 2 rings (SSSR count). The highest BCUT2D eigenvalue weighted by molar-refractivity contribution is 7.80. The van der Waals surface area contributed by atoms with Crippen LogP contribution in [-0.4, -0.2) is 27.1 Å². The fraction of sp³-hybridized carbons (Fsp3) is 0.571. The number of carbonyl (C=O) groups is 1. The average molecular weight is 255 g/mol. The standard InChI is InChI=1S/C5H7N3S.C2HF3O2/c9-5-1-7-3-6-4-8(7)2-5;3-2(4,5)1(6)7/h3-5H,1-2H2;(H,6,7). The number of fused-ring (bicyclic) bond motifs is 1. The van der Waals surface area contributed by atoms with E-state index >= 15 is 0 Å². The Bertz CT molecular complexity index is 359. The molecule has 0 radical (unpaired) electrons. The highest BCUT2D eigenvalue weighted by Gasteiger charge is 2.28. The molecular weight excluding hydrogens is 247 g/mol. The summed E-state index contributed by atoms with van der Waals surface area (Å²) in [5, 5.41) is 9.26. The van der Waals surface area contributed by atoms with Crippen LogP contribution in [0.5, 0.6) is 0 Å². The van der Waals surface area contributed by atoms with Crippen molar-refractivity contribution < 1.29 is 27.8 Å². The number of nitrogens with zero attached hydrogens (tertiary/aromatic N) is 3. The number of thiol groups is 1. The van der Waals surface area contributed by atoms with Crippen LogP contribution in [0.3, 0.4) is 0 Å². The molecule has 0 saturated heterocycles. The number of hydrogen-bond donors (Lipinski definition) is 1. The van der Waals surface area contributed by atoms with Crippen LogP contribution in [0.25, 0.3) is 0 Å². The van der Waals surface area contributed by atoms with E-state index in [1.54, 1.807) is 0 Å². The maximum atomic E-state index is 10.5. The lowest BCUT2D eigenvalue weighted by Gasteiger charge is -2.03. The van der Waals surface area contributed by atoms with Crippen LogP contribution in [-0.2, 0) is 17.9 Å². The molecule has 1 aliphatic rings. The van der Waals surface area contributed by atoms with Gasteiger partial charge in [-0.15, -0.1) is 0 Å². The third kappa shape index (κ3) is 3.40. The maximum absolute atomic E-state index is 10.5. The molecule has 1 aromatic rings. The van der Waals surface area contributed by atoms with E-state index in [0.29, 0.717) is 5.25 Å². The highest BCUT2D eigenvalue weighted by atomic mass is 32.1. The fourth-order valence-corrected chi connectivity index (χ4v) is 1.44. The number of alkyl halides is 3. The van der Waals surface area contributed by atoms with E-state index in [4.69, 9.17) is 9.90 Å². The summed E-state index contributed by atoms with van der Waals surface area (Å²) in [6, 6.07) is 0. The normalized spacial score (nSPS) is 18.6. The van der Waals surface area contributed by atoms with Crippen LogP contribution >= 0.6 is 12.6 Å². The van der Waals surface area contributed by atoms with Gasteiger partial charge in [0.2, 0.25) is 6.33 Å². The Kier molecular flexibility index (Phi) is 3.79. The van der Waals surface area contributed by atoms with Gasteiger partial charge in [-0.25, -0.2) is 0 Å². The molecule has 0 amide bonds. The van der Waals surface area contributed by atoms with E-state index in [2.05, 4.69) is 27.0 Å². The fourth-order valence-electron chi connectivity index (χ4n) is 1.11. The van der Waals surface area contributed by atoms with Gasteiger partial charge in [-0.05, 0) is 4.98 Å². The summed E-state index contributed by atoms with van der Waals surface area (Å²) in [6.07, 6.45) is -1.54. The number of aromatic nitrogens is 3.